The van der Waals surface area contributed by atoms with Crippen LogP contribution in [-0.2, 0) is 26.2 Å². The lowest BCUT2D eigenvalue weighted by Gasteiger charge is -2.34. The van der Waals surface area contributed by atoms with Gasteiger partial charge in [0.2, 0.25) is 11.8 Å². The number of rotatable bonds is 10. The van der Waals surface area contributed by atoms with E-state index in [0.717, 1.165) is 19.0 Å². The van der Waals surface area contributed by atoms with Gasteiger partial charge in [-0.05, 0) is 98.7 Å². The van der Waals surface area contributed by atoms with E-state index in [-0.39, 0.29) is 17.3 Å². The van der Waals surface area contributed by atoms with Crippen LogP contribution in [-0.4, -0.2) is 43.3 Å². The Morgan fingerprint density at radius 2 is 1.59 bits per heavy atom. The van der Waals surface area contributed by atoms with Gasteiger partial charge in [-0.15, -0.1) is 0 Å². The van der Waals surface area contributed by atoms with Gasteiger partial charge in [0.1, 0.15) is 12.6 Å². The molecule has 1 N–H and O–H groups in total. The molecule has 0 fully saturated rings. The fourth-order valence-corrected chi connectivity index (χ4v) is 6.03. The molecular weight excluding hydrogens is 625 g/mol. The topological polar surface area (TPSA) is 86.8 Å². The largest absolute Gasteiger partial charge is 0.350 e. The lowest BCUT2D eigenvalue weighted by atomic mass is 10.0. The minimum absolute atomic E-state index is 0.0825. The van der Waals surface area contributed by atoms with Crippen LogP contribution in [0, 0.1) is 10.5 Å². The van der Waals surface area contributed by atoms with Crippen molar-refractivity contribution in [3.8, 4) is 0 Å². The lowest BCUT2D eigenvalue weighted by molar-refractivity contribution is -0.141. The van der Waals surface area contributed by atoms with Crippen molar-refractivity contribution in [3.05, 3.63) is 93.6 Å². The summed E-state index contributed by atoms with van der Waals surface area (Å²) in [4.78, 5) is 29.0. The third kappa shape index (κ3) is 8.28. The maximum absolute atomic E-state index is 14.1. The van der Waals surface area contributed by atoms with Crippen molar-refractivity contribution in [2.75, 3.05) is 10.8 Å². The first-order chi connectivity index (χ1) is 18.3. The van der Waals surface area contributed by atoms with Crippen LogP contribution < -0.4 is 9.62 Å². The van der Waals surface area contributed by atoms with Crippen molar-refractivity contribution in [2.24, 2.45) is 0 Å². The highest BCUT2D eigenvalue weighted by molar-refractivity contribution is 14.1. The number of nitrogens with one attached hydrogen (secondary N) is 1. The minimum Gasteiger partial charge on any atom is -0.350 e. The lowest BCUT2D eigenvalue weighted by Crippen LogP contribution is -2.55. The Kier molecular flexibility index (Phi) is 10.2. The normalized spacial score (nSPS) is 12.5. The van der Waals surface area contributed by atoms with Crippen molar-refractivity contribution < 1.29 is 18.0 Å². The number of sulfonamides is 1. The number of benzene rings is 3. The molecule has 3 aromatic rings. The van der Waals surface area contributed by atoms with Crippen molar-refractivity contribution in [3.63, 3.8) is 0 Å². The second-order valence-electron chi connectivity index (χ2n) is 10.5. The van der Waals surface area contributed by atoms with Crippen LogP contribution >= 0.6 is 22.6 Å². The number of carbonyl (C=O) groups excluding carboxylic acids is 2. The molecule has 0 heterocycles. The molecule has 3 aromatic carbocycles. The van der Waals surface area contributed by atoms with Crippen LogP contribution in [0.2, 0.25) is 0 Å². The molecule has 0 saturated carbocycles. The molecule has 1 atom stereocenters. The highest BCUT2D eigenvalue weighted by atomic mass is 127. The standard InChI is InChI=1S/C30H36IN3O4S/c1-6-27(29(36)32-30(3,4)5)33(20-23-12-10-11-22(2)19-23)28(35)21-34(25-17-15-24(31)16-18-25)39(37,38)26-13-8-7-9-14-26/h7-19,27H,6,20-21H2,1-5H3,(H,32,36). The van der Waals surface area contributed by atoms with Gasteiger partial charge in [0.05, 0.1) is 10.6 Å². The predicted molar refractivity (Wildman–Crippen MR) is 164 cm³/mol. The maximum Gasteiger partial charge on any atom is 0.264 e. The van der Waals surface area contributed by atoms with E-state index in [1.54, 1.807) is 42.5 Å². The van der Waals surface area contributed by atoms with Gasteiger partial charge in [0, 0.05) is 15.7 Å². The van der Waals surface area contributed by atoms with Gasteiger partial charge >= 0.3 is 0 Å². The first kappa shape index (κ1) is 30.6. The number of hydrogen-bond donors (Lipinski definition) is 1. The highest BCUT2D eigenvalue weighted by Crippen LogP contribution is 2.25. The zero-order valence-electron chi connectivity index (χ0n) is 23.0. The number of anilines is 1. The van der Waals surface area contributed by atoms with E-state index in [2.05, 4.69) is 27.9 Å². The summed E-state index contributed by atoms with van der Waals surface area (Å²) in [6.45, 7) is 9.18. The van der Waals surface area contributed by atoms with Gasteiger partial charge in [0.25, 0.3) is 10.0 Å². The van der Waals surface area contributed by atoms with E-state index in [0.29, 0.717) is 12.1 Å². The molecule has 3 rings (SSSR count). The minimum atomic E-state index is -4.07. The van der Waals surface area contributed by atoms with Crippen LogP contribution in [0.15, 0.2) is 83.8 Å². The molecule has 208 valence electrons. The molecule has 7 nitrogen and oxygen atoms in total. The Labute approximate surface area is 245 Å². The van der Waals surface area contributed by atoms with Crippen molar-refractivity contribution in [1.29, 1.82) is 0 Å². The van der Waals surface area contributed by atoms with Gasteiger partial charge < -0.3 is 10.2 Å². The monoisotopic (exact) mass is 661 g/mol. The Morgan fingerprint density at radius 3 is 2.15 bits per heavy atom. The average molecular weight is 662 g/mol. The summed E-state index contributed by atoms with van der Waals surface area (Å²) in [5.41, 5.74) is 1.76. The number of halogens is 1. The van der Waals surface area contributed by atoms with E-state index >= 15 is 0 Å². The summed E-state index contributed by atoms with van der Waals surface area (Å²) < 4.78 is 29.7. The molecule has 0 aliphatic carbocycles. The van der Waals surface area contributed by atoms with Crippen LogP contribution in [0.4, 0.5) is 5.69 Å². The van der Waals surface area contributed by atoms with E-state index in [4.69, 9.17) is 0 Å². The number of carbonyl (C=O) groups is 2. The van der Waals surface area contributed by atoms with Crippen LogP contribution in [0.5, 0.6) is 0 Å². The molecule has 0 aliphatic rings. The number of hydrogen-bond acceptors (Lipinski definition) is 4. The van der Waals surface area contributed by atoms with Crippen molar-refractivity contribution in [2.45, 2.75) is 64.1 Å². The van der Waals surface area contributed by atoms with E-state index in [9.17, 15) is 18.0 Å². The molecule has 0 bridgehead atoms. The van der Waals surface area contributed by atoms with Crippen LogP contribution in [0.25, 0.3) is 0 Å². The number of nitrogens with zero attached hydrogens (tertiary/aromatic N) is 2. The van der Waals surface area contributed by atoms with Gasteiger partial charge in [-0.3, -0.25) is 13.9 Å². The maximum atomic E-state index is 14.1. The number of aryl methyl sites for hydroxylation is 1. The predicted octanol–water partition coefficient (Wildman–Crippen LogP) is 5.52. The van der Waals surface area contributed by atoms with Crippen molar-refractivity contribution in [1.82, 2.24) is 10.2 Å². The van der Waals surface area contributed by atoms with E-state index in [1.165, 1.54) is 17.0 Å². The molecule has 1 unspecified atom stereocenters. The zero-order chi connectivity index (χ0) is 28.8. The number of amides is 2. The molecule has 9 heteroatoms. The Hall–Kier alpha value is -2.92. The second-order valence-corrected chi connectivity index (χ2v) is 13.6. The molecule has 2 amide bonds. The van der Waals surface area contributed by atoms with Gasteiger partial charge in [0.15, 0.2) is 0 Å². The highest BCUT2D eigenvalue weighted by Gasteiger charge is 2.34. The zero-order valence-corrected chi connectivity index (χ0v) is 26.0. The fourth-order valence-electron chi connectivity index (χ4n) is 4.24. The molecule has 0 aromatic heterocycles. The third-order valence-corrected chi connectivity index (χ3v) is 8.55. The van der Waals surface area contributed by atoms with Crippen LogP contribution in [0.3, 0.4) is 0 Å². The molecule has 0 aliphatic heterocycles. The molecule has 0 saturated heterocycles. The SMILES string of the molecule is CCC(C(=O)NC(C)(C)C)N(Cc1cccc(C)c1)C(=O)CN(c1ccc(I)cc1)S(=O)(=O)c1ccccc1. The first-order valence-corrected chi connectivity index (χ1v) is 15.3. The first-order valence-electron chi connectivity index (χ1n) is 12.8. The smallest absolute Gasteiger partial charge is 0.264 e. The summed E-state index contributed by atoms with van der Waals surface area (Å²) in [6.07, 6.45) is 0.369. The Balaban J connectivity index is 2.06. The summed E-state index contributed by atoms with van der Waals surface area (Å²) in [5.74, 6) is -0.747. The van der Waals surface area contributed by atoms with Gasteiger partial charge in [-0.2, -0.15) is 0 Å². The van der Waals surface area contributed by atoms with Gasteiger partial charge in [-0.25, -0.2) is 8.42 Å². The van der Waals surface area contributed by atoms with Crippen molar-refractivity contribution >= 4 is 50.1 Å². The Morgan fingerprint density at radius 1 is 0.949 bits per heavy atom. The summed E-state index contributed by atoms with van der Waals surface area (Å²) in [6, 6.07) is 22.0. The third-order valence-electron chi connectivity index (χ3n) is 6.04. The second kappa shape index (κ2) is 13.0. The van der Waals surface area contributed by atoms with E-state index in [1.807, 2.05) is 58.9 Å². The average Bonchev–Trinajstić information content (AvgIpc) is 2.87. The molecule has 0 spiro atoms. The summed E-state index contributed by atoms with van der Waals surface area (Å²) >= 11 is 2.15. The Bertz CT molecular complexity index is 1390. The summed E-state index contributed by atoms with van der Waals surface area (Å²) in [7, 11) is -4.07. The molecular formula is C30H36IN3O4S. The molecule has 39 heavy (non-hydrogen) atoms. The summed E-state index contributed by atoms with van der Waals surface area (Å²) in [5, 5.41) is 2.98. The van der Waals surface area contributed by atoms with E-state index < -0.39 is 34.1 Å². The van der Waals surface area contributed by atoms with Gasteiger partial charge in [-0.1, -0.05) is 55.0 Å². The molecule has 0 radical (unpaired) electrons. The quantitative estimate of drug-likeness (QED) is 0.290. The fraction of sp³-hybridized carbons (Fsp3) is 0.333. The van der Waals surface area contributed by atoms with Crippen LogP contribution in [0.1, 0.15) is 45.2 Å².